The van der Waals surface area contributed by atoms with Crippen LogP contribution >= 0.6 is 34.3 Å². The molecular weight excluding hydrogens is 414 g/mol. The second-order valence-electron chi connectivity index (χ2n) is 6.47. The van der Waals surface area contributed by atoms with E-state index >= 15 is 0 Å². The van der Waals surface area contributed by atoms with Crippen molar-refractivity contribution in [3.8, 4) is 10.4 Å². The van der Waals surface area contributed by atoms with Gasteiger partial charge in [-0.25, -0.2) is 4.98 Å². The van der Waals surface area contributed by atoms with Gasteiger partial charge in [-0.05, 0) is 42.5 Å². The number of hydrogen-bond donors (Lipinski definition) is 1. The molecule has 8 heteroatoms. The zero-order chi connectivity index (χ0) is 19.8. The summed E-state index contributed by atoms with van der Waals surface area (Å²) in [5.74, 6) is -0.329. The number of benzene rings is 1. The lowest BCUT2D eigenvalue weighted by molar-refractivity contribution is -0.116. The van der Waals surface area contributed by atoms with Crippen molar-refractivity contribution in [2.45, 2.75) is 20.4 Å². The number of thiophene rings is 2. The molecule has 142 valence electrons. The van der Waals surface area contributed by atoms with E-state index in [9.17, 15) is 9.59 Å². The summed E-state index contributed by atoms with van der Waals surface area (Å²) >= 11 is 9.25. The number of aryl methyl sites for hydroxylation is 2. The van der Waals surface area contributed by atoms with Gasteiger partial charge in [0.25, 0.3) is 5.56 Å². The summed E-state index contributed by atoms with van der Waals surface area (Å²) in [5.41, 5.74) is 3.09. The Morgan fingerprint density at radius 3 is 2.82 bits per heavy atom. The number of anilines is 1. The van der Waals surface area contributed by atoms with Crippen LogP contribution in [0.2, 0.25) is 5.02 Å². The van der Waals surface area contributed by atoms with Gasteiger partial charge in [-0.3, -0.25) is 14.2 Å². The molecule has 0 saturated carbocycles. The molecule has 4 rings (SSSR count). The Bertz CT molecular complexity index is 1220. The number of hydrogen-bond acceptors (Lipinski definition) is 5. The molecule has 0 atom stereocenters. The van der Waals surface area contributed by atoms with Gasteiger partial charge in [0.2, 0.25) is 5.91 Å². The average molecular weight is 430 g/mol. The van der Waals surface area contributed by atoms with Crippen molar-refractivity contribution >= 4 is 56.1 Å². The van der Waals surface area contributed by atoms with Gasteiger partial charge in [0.1, 0.15) is 11.4 Å². The van der Waals surface area contributed by atoms with Crippen LogP contribution in [-0.4, -0.2) is 15.5 Å². The maximum Gasteiger partial charge on any atom is 0.263 e. The number of carbonyl (C=O) groups is 1. The number of halogens is 1. The molecule has 3 aromatic heterocycles. The van der Waals surface area contributed by atoms with Crippen molar-refractivity contribution in [1.82, 2.24) is 9.55 Å². The highest BCUT2D eigenvalue weighted by atomic mass is 35.5. The molecule has 0 aliphatic carbocycles. The van der Waals surface area contributed by atoms with Gasteiger partial charge < -0.3 is 5.32 Å². The van der Waals surface area contributed by atoms with Crippen LogP contribution in [0.15, 0.2) is 46.1 Å². The first-order valence-electron chi connectivity index (χ1n) is 8.51. The van der Waals surface area contributed by atoms with Gasteiger partial charge in [0.05, 0.1) is 22.4 Å². The normalized spacial score (nSPS) is 11.1. The van der Waals surface area contributed by atoms with Crippen LogP contribution in [0.1, 0.15) is 11.1 Å². The van der Waals surface area contributed by atoms with E-state index < -0.39 is 0 Å². The molecule has 0 aliphatic heterocycles. The fourth-order valence-corrected chi connectivity index (χ4v) is 5.19. The molecule has 0 radical (unpaired) electrons. The number of rotatable bonds is 4. The quantitative estimate of drug-likeness (QED) is 0.491. The van der Waals surface area contributed by atoms with Crippen molar-refractivity contribution in [3.63, 3.8) is 0 Å². The van der Waals surface area contributed by atoms with E-state index in [1.54, 1.807) is 17.4 Å². The summed E-state index contributed by atoms with van der Waals surface area (Å²) in [7, 11) is 0. The molecule has 4 aromatic rings. The summed E-state index contributed by atoms with van der Waals surface area (Å²) in [4.78, 5) is 31.6. The molecular formula is C20H16ClN3O2S2. The Morgan fingerprint density at radius 2 is 2.11 bits per heavy atom. The van der Waals surface area contributed by atoms with Crippen LogP contribution in [-0.2, 0) is 11.3 Å². The standard InChI is InChI=1S/C20H16ClN3O2S2/c1-11-6-12(2)18(14(21)7-11)23-16(25)8-24-10-22-19-17(20(24)26)13(9-28-19)15-4-3-5-27-15/h3-7,9-10H,8H2,1-2H3,(H,23,25). The van der Waals surface area contributed by atoms with Crippen LogP contribution in [0, 0.1) is 13.8 Å². The van der Waals surface area contributed by atoms with Gasteiger partial charge in [0, 0.05) is 15.8 Å². The summed E-state index contributed by atoms with van der Waals surface area (Å²) in [5, 5.41) is 7.74. The Balaban J connectivity index is 1.65. The largest absolute Gasteiger partial charge is 0.323 e. The highest BCUT2D eigenvalue weighted by molar-refractivity contribution is 7.18. The van der Waals surface area contributed by atoms with E-state index in [1.807, 2.05) is 42.8 Å². The Morgan fingerprint density at radius 1 is 1.29 bits per heavy atom. The van der Waals surface area contributed by atoms with E-state index in [-0.39, 0.29) is 18.0 Å². The summed E-state index contributed by atoms with van der Waals surface area (Å²) in [6.07, 6.45) is 1.42. The van der Waals surface area contributed by atoms with Crippen LogP contribution < -0.4 is 10.9 Å². The van der Waals surface area contributed by atoms with Crippen LogP contribution in [0.4, 0.5) is 5.69 Å². The van der Waals surface area contributed by atoms with E-state index in [0.717, 1.165) is 21.6 Å². The summed E-state index contributed by atoms with van der Waals surface area (Å²) in [6.45, 7) is 3.69. The van der Waals surface area contributed by atoms with Crippen molar-refractivity contribution in [1.29, 1.82) is 0 Å². The minimum atomic E-state index is -0.329. The van der Waals surface area contributed by atoms with Crippen molar-refractivity contribution in [3.05, 3.63) is 67.9 Å². The predicted octanol–water partition coefficient (Wildman–Crippen LogP) is 5.10. The molecule has 0 bridgehead atoms. The smallest absolute Gasteiger partial charge is 0.263 e. The first kappa shape index (κ1) is 18.9. The fourth-order valence-electron chi connectivity index (χ4n) is 3.10. The van der Waals surface area contributed by atoms with Crippen molar-refractivity contribution in [2.75, 3.05) is 5.32 Å². The maximum atomic E-state index is 13.0. The fraction of sp³-hybridized carbons (Fsp3) is 0.150. The van der Waals surface area contributed by atoms with Crippen LogP contribution in [0.5, 0.6) is 0 Å². The minimum absolute atomic E-state index is 0.134. The SMILES string of the molecule is Cc1cc(C)c(NC(=O)Cn2cnc3scc(-c4cccs4)c3c2=O)c(Cl)c1. The third-order valence-electron chi connectivity index (χ3n) is 4.36. The van der Waals surface area contributed by atoms with E-state index in [4.69, 9.17) is 11.6 Å². The Kier molecular flexibility index (Phi) is 5.05. The predicted molar refractivity (Wildman–Crippen MR) is 117 cm³/mol. The van der Waals surface area contributed by atoms with Crippen LogP contribution in [0.3, 0.4) is 0 Å². The first-order chi connectivity index (χ1) is 13.4. The number of fused-ring (bicyclic) bond motifs is 1. The third kappa shape index (κ3) is 3.48. The summed E-state index contributed by atoms with van der Waals surface area (Å²) in [6, 6.07) is 7.65. The zero-order valence-corrected chi connectivity index (χ0v) is 17.5. The average Bonchev–Trinajstić information content (AvgIpc) is 3.29. The van der Waals surface area contributed by atoms with Crippen molar-refractivity contribution < 1.29 is 4.79 Å². The highest BCUT2D eigenvalue weighted by Crippen LogP contribution is 2.33. The lowest BCUT2D eigenvalue weighted by Gasteiger charge is -2.12. The van der Waals surface area contributed by atoms with Gasteiger partial charge in [-0.2, -0.15) is 0 Å². The Hall–Kier alpha value is -2.48. The molecule has 0 aliphatic rings. The maximum absolute atomic E-state index is 13.0. The second kappa shape index (κ2) is 7.50. The van der Waals surface area contributed by atoms with E-state index in [0.29, 0.717) is 20.9 Å². The molecule has 0 unspecified atom stereocenters. The zero-order valence-electron chi connectivity index (χ0n) is 15.2. The van der Waals surface area contributed by atoms with Gasteiger partial charge >= 0.3 is 0 Å². The molecule has 0 saturated heterocycles. The van der Waals surface area contributed by atoms with Gasteiger partial charge in [-0.1, -0.05) is 23.7 Å². The molecule has 1 aromatic carbocycles. The van der Waals surface area contributed by atoms with E-state index in [2.05, 4.69) is 10.3 Å². The molecule has 28 heavy (non-hydrogen) atoms. The highest BCUT2D eigenvalue weighted by Gasteiger charge is 2.16. The second-order valence-corrected chi connectivity index (χ2v) is 8.68. The number of nitrogens with zero attached hydrogens (tertiary/aromatic N) is 2. The third-order valence-corrected chi connectivity index (χ3v) is 6.45. The number of amides is 1. The minimum Gasteiger partial charge on any atom is -0.323 e. The summed E-state index contributed by atoms with van der Waals surface area (Å²) < 4.78 is 1.33. The van der Waals surface area contributed by atoms with Gasteiger partial charge in [0.15, 0.2) is 0 Å². The molecule has 0 fully saturated rings. The monoisotopic (exact) mass is 429 g/mol. The number of nitrogens with one attached hydrogen (secondary N) is 1. The lowest BCUT2D eigenvalue weighted by Crippen LogP contribution is -2.28. The molecule has 1 amide bonds. The van der Waals surface area contributed by atoms with Gasteiger partial charge in [-0.15, -0.1) is 22.7 Å². The molecule has 3 heterocycles. The van der Waals surface area contributed by atoms with Crippen LogP contribution in [0.25, 0.3) is 20.7 Å². The van der Waals surface area contributed by atoms with E-state index in [1.165, 1.54) is 22.2 Å². The molecule has 0 spiro atoms. The number of carbonyl (C=O) groups excluding carboxylic acids is 1. The lowest BCUT2D eigenvalue weighted by atomic mass is 10.1. The first-order valence-corrected chi connectivity index (χ1v) is 10.6. The number of aromatic nitrogens is 2. The molecule has 5 nitrogen and oxygen atoms in total. The van der Waals surface area contributed by atoms with Crippen molar-refractivity contribution in [2.24, 2.45) is 0 Å². The Labute approximate surface area is 174 Å². The molecule has 1 N–H and O–H groups in total. The topological polar surface area (TPSA) is 64.0 Å².